The number of hydrogen-bond donors (Lipinski definition) is 4. The van der Waals surface area contributed by atoms with E-state index in [-0.39, 0.29) is 334 Å². The molecule has 2 atom stereocenters. The minimum Gasteiger partial charge on any atom is -0.748 e. The number of carbonyl (C=O) groups excluding carboxylic acids is 3. The average molecular weight is 1990 g/mol. The average Bonchev–Trinajstić information content (AvgIpc) is 1.52. The number of carboxylic acid groups (broad SMARTS) is 1. The Bertz CT molecular complexity index is 5630. The number of fused-ring (bicyclic) bond motifs is 14. The van der Waals surface area contributed by atoms with Gasteiger partial charge in [-0.25, -0.2) is 76.8 Å². The zero-order valence-corrected chi connectivity index (χ0v) is 89.2. The van der Waals surface area contributed by atoms with Gasteiger partial charge in [0.15, 0.2) is 40.0 Å². The fourth-order valence-corrected chi connectivity index (χ4v) is 31.7. The van der Waals surface area contributed by atoms with Crippen LogP contribution in [0.5, 0.6) is 5.75 Å². The fraction of sp³-hybridized carbons (Fsp3) is 0.539. The Morgan fingerprint density at radius 3 is 1.30 bits per heavy atom. The van der Waals surface area contributed by atoms with Crippen LogP contribution in [-0.2, 0) is 83.3 Å². The van der Waals surface area contributed by atoms with Crippen molar-refractivity contribution in [2.24, 2.45) is 35.7 Å². The van der Waals surface area contributed by atoms with Crippen molar-refractivity contribution in [3.8, 4) is 5.75 Å². The Morgan fingerprint density at radius 1 is 0.453 bits per heavy atom. The number of rotatable bonds is 53. The van der Waals surface area contributed by atoms with Gasteiger partial charge in [-0.2, -0.15) is 8.42 Å². The van der Waals surface area contributed by atoms with Crippen LogP contribution in [0.25, 0.3) is 21.5 Å². The summed E-state index contributed by atoms with van der Waals surface area (Å²) in [6, 6.07) is 26.4. The molecule has 2 amide bonds. The van der Waals surface area contributed by atoms with E-state index in [2.05, 4.69) is 10.6 Å². The third kappa shape index (κ3) is 33.3. The zero-order chi connectivity index (χ0) is 90.3. The van der Waals surface area contributed by atoms with Gasteiger partial charge in [0.05, 0.1) is 133 Å². The molecule has 6 heterocycles. The van der Waals surface area contributed by atoms with Crippen LogP contribution in [0.1, 0.15) is 125 Å². The van der Waals surface area contributed by atoms with Crippen molar-refractivity contribution in [1.29, 1.82) is 0 Å². The van der Waals surface area contributed by atoms with Gasteiger partial charge >= 0.3 is 133 Å². The Balaban J connectivity index is 0.00000632. The maximum atomic E-state index is 13.0. The molecule has 0 saturated heterocycles. The number of hydrogen-bond acceptors (Lipinski definition) is 32. The van der Waals surface area contributed by atoms with Gasteiger partial charge in [-0.1, -0.05) is 91.3 Å². The first-order valence-electron chi connectivity index (χ1n) is 40.9. The molecule has 0 saturated carbocycles. The topological polar surface area (TPSA) is 586 Å². The summed E-state index contributed by atoms with van der Waals surface area (Å²) in [5, 5.41) is 18.4. The molecule has 4 aliphatic rings. The first-order chi connectivity index (χ1) is 58.1. The molecule has 0 fully saturated rings. The van der Waals surface area contributed by atoms with E-state index in [4.69, 9.17) is 53.4 Å². The maximum absolute atomic E-state index is 13.0. The molecule has 6 aromatic rings. The molecule has 682 valence electrons. The number of alkyl carbamates (subject to hydrolysis) is 1. The van der Waals surface area contributed by atoms with E-state index in [0.29, 0.717) is 88.2 Å². The van der Waals surface area contributed by atoms with Crippen molar-refractivity contribution in [3.05, 3.63) is 124 Å². The van der Waals surface area contributed by atoms with E-state index >= 15 is 0 Å². The molecule has 39 nitrogen and oxygen atoms in total. The van der Waals surface area contributed by atoms with Crippen LogP contribution in [0.2, 0.25) is 38.3 Å². The van der Waals surface area contributed by atoms with Crippen molar-refractivity contribution in [2.45, 2.75) is 147 Å². The standard InChI is InChI=1S/C76H109N13O26S6Si3.4Na/c1-122(2,54-23-44-88(38-17-48-116(94,95)96,39-18-49-117(97,98)99)40-19-50-118(100,101)102)114-124(115-123(3,4)55-24-45-89(41-20-51-119(103,104)105,42-21-52-120(106,107)108)43-22-53-121(109,110)111)86-71-58-28-9-10-29-59(58)73(86)84-69-62-32-16-34-64(112-46-25-47-113-76(93)79-37-14-5-6-35-65(90)78-36-15-13-33-63(77)75(91)92)66(62)70(81-69)85-74-61-31-12-11-30-60(61)72(87(74)124)83-68-57-27-8-7-26-56(57)67(80-68)82-71;;;;/h7-12,16,26-32,34,63H,5-6,13-15,17-25,33,35-55,77H2,1-4H3,(H7-2,78,79,90,91,92,93,94,95,96,97,98,99,100,101,102,103,104,105,106,107,108,109,110,111);;;;/q;4*+1/p-4/t63-;;;;/m0..../s1. The molecule has 5 N–H and O–H groups in total. The summed E-state index contributed by atoms with van der Waals surface area (Å²) in [7, 11) is -41.7. The molecule has 6 bridgehead atoms. The number of benzene rings is 4. The summed E-state index contributed by atoms with van der Waals surface area (Å²) < 4.78 is 251. The summed E-state index contributed by atoms with van der Waals surface area (Å²) in [6.45, 7) is 7.54. The van der Waals surface area contributed by atoms with Crippen molar-refractivity contribution < 1.29 is 242 Å². The number of nitrogens with two attached hydrogens (primary N) is 1. The molecular formula is C76H105N13Na4O26S6Si3. The van der Waals surface area contributed by atoms with Gasteiger partial charge in [0.25, 0.3) is 10.1 Å². The van der Waals surface area contributed by atoms with Gasteiger partial charge in [0.2, 0.25) is 5.91 Å². The Labute approximate surface area is 838 Å². The number of aromatic nitrogens is 2. The van der Waals surface area contributed by atoms with Crippen molar-refractivity contribution in [2.75, 3.05) is 113 Å². The molecule has 0 aliphatic carbocycles. The molecule has 0 radical (unpaired) electrons. The smallest absolute Gasteiger partial charge is 0.748 e. The van der Waals surface area contributed by atoms with E-state index in [1.54, 1.807) is 36.4 Å². The third-order valence-electron chi connectivity index (χ3n) is 21.9. The summed E-state index contributed by atoms with van der Waals surface area (Å²) in [4.78, 5) is 69.3. The second-order valence-electron chi connectivity index (χ2n) is 32.8. The van der Waals surface area contributed by atoms with Gasteiger partial charge in [-0.15, -0.1) is 0 Å². The predicted octanol–water partition coefficient (Wildman–Crippen LogP) is -8.38. The zero-order valence-electron chi connectivity index (χ0n) is 73.3. The Kier molecular flexibility index (Phi) is 43.0. The second-order valence-corrected chi connectivity index (χ2v) is 53.6. The number of nitrogens with zero attached hydrogens (tertiary/aromatic N) is 10. The van der Waals surface area contributed by atoms with Crippen molar-refractivity contribution >= 4 is 161 Å². The van der Waals surface area contributed by atoms with Crippen LogP contribution in [0.4, 0.5) is 16.4 Å². The Morgan fingerprint density at radius 2 is 0.844 bits per heavy atom. The summed E-state index contributed by atoms with van der Waals surface area (Å²) in [5.41, 5.74) is 7.91. The number of amidine groups is 4. The van der Waals surface area contributed by atoms with Crippen LogP contribution in [0.15, 0.2) is 121 Å². The van der Waals surface area contributed by atoms with E-state index < -0.39 is 139 Å². The summed E-state index contributed by atoms with van der Waals surface area (Å²) in [5.74, 6) is -5.20. The number of unbranched alkanes of at least 4 members (excludes halogenated alkanes) is 3. The van der Waals surface area contributed by atoms with E-state index in [1.165, 1.54) is 0 Å². The van der Waals surface area contributed by atoms with E-state index in [1.807, 2.05) is 89.3 Å². The number of nitrogens with one attached hydrogen (secondary N) is 2. The quantitative estimate of drug-likeness (QED) is 0.0119. The number of carboxylic acids is 1. The normalized spacial score (nSPS) is 15.3. The summed E-state index contributed by atoms with van der Waals surface area (Å²) >= 11 is 0. The molecule has 2 aromatic heterocycles. The third-order valence-corrected chi connectivity index (χ3v) is 38.3. The molecular weight excluding hydrogens is 1880 g/mol. The minimum absolute atomic E-state index is 0. The first-order valence-corrected chi connectivity index (χ1v) is 58.4. The molecule has 128 heavy (non-hydrogen) atoms. The van der Waals surface area contributed by atoms with E-state index in [0.717, 1.165) is 0 Å². The molecule has 52 heteroatoms. The molecule has 10 rings (SSSR count). The largest absolute Gasteiger partial charge is 1.00 e. The van der Waals surface area contributed by atoms with Crippen LogP contribution in [0, 0.1) is 0 Å². The van der Waals surface area contributed by atoms with Crippen molar-refractivity contribution in [3.63, 3.8) is 0 Å². The van der Waals surface area contributed by atoms with Crippen LogP contribution in [-0.4, -0.2) is 281 Å². The number of amides is 2. The SMILES string of the molecule is C[Si](C)(CCC[N+](CCCS(=O)(=O)[O-])(CCCS(=O)(=O)[O-])CCCS(=O)(=O)[O-])O[Si]1(O[Si](C)(C)CCC[N+](CCCS(=O)(=O)[O-])(CCCS(=O)(=O)[O-])CCCS(=O)(=O)O)n2c3c4ccccc4c2N=C2N=C(N=c4c5ccccc5c(n41)=NC1=NC(=N3)c3ccccc31)c1cccc(OCCCOC(=O)NCCCCCC(=O)NCCCC[C@H](N)C(=O)[O-])c12.[Na+].[Na+].[Na+].[Na+]. The molecule has 0 spiro atoms. The number of quaternary nitrogens is 2. The van der Waals surface area contributed by atoms with E-state index in [9.17, 15) is 97.3 Å². The van der Waals surface area contributed by atoms with Crippen molar-refractivity contribution in [1.82, 2.24) is 19.1 Å². The first kappa shape index (κ1) is 113. The van der Waals surface area contributed by atoms with Gasteiger partial charge in [0.1, 0.15) is 28.4 Å². The number of ether oxygens (including phenoxy) is 2. The van der Waals surface area contributed by atoms with Gasteiger partial charge < -0.3 is 75.7 Å². The maximum Gasteiger partial charge on any atom is 1.00 e. The molecule has 1 unspecified atom stereocenters. The minimum atomic E-state index is -5.28. The molecule has 4 aromatic carbocycles. The van der Waals surface area contributed by atoms with Crippen LogP contribution in [0.3, 0.4) is 0 Å². The van der Waals surface area contributed by atoms with Gasteiger partial charge in [-0.3, -0.25) is 17.8 Å². The second kappa shape index (κ2) is 48.8. The van der Waals surface area contributed by atoms with Gasteiger partial charge in [0, 0.05) is 137 Å². The monoisotopic (exact) mass is 1980 g/mol. The van der Waals surface area contributed by atoms with Crippen LogP contribution >= 0.6 is 0 Å². The summed E-state index contributed by atoms with van der Waals surface area (Å²) in [6.07, 6.45) is 1.51. The fourth-order valence-electron chi connectivity index (χ4n) is 16.3. The number of carbonyl (C=O) groups is 3. The molecule has 4 aliphatic heterocycles. The predicted molar refractivity (Wildman–Crippen MR) is 461 cm³/mol. The van der Waals surface area contributed by atoms with Gasteiger partial charge in [-0.05, 0) is 89.3 Å². The Hall–Kier alpha value is -3.84. The number of aliphatic imine (C=N–C) groups is 4. The van der Waals surface area contributed by atoms with Crippen LogP contribution < -0.4 is 155 Å². The number of aliphatic carboxylic acids is 1.